The van der Waals surface area contributed by atoms with Gasteiger partial charge in [0.15, 0.2) is 11.5 Å². The minimum atomic E-state index is -4.12. The summed E-state index contributed by atoms with van der Waals surface area (Å²) >= 11 is 1.55. The van der Waals surface area contributed by atoms with Gasteiger partial charge in [-0.3, -0.25) is 4.79 Å². The largest absolute Gasteiger partial charge is 0.481 e. The normalized spacial score (nSPS) is 21.0. The van der Waals surface area contributed by atoms with Gasteiger partial charge < -0.3 is 10.4 Å². The summed E-state index contributed by atoms with van der Waals surface area (Å²) in [5.74, 6) is -1.12. The summed E-state index contributed by atoms with van der Waals surface area (Å²) < 4.78 is 44.7. The van der Waals surface area contributed by atoms with Crippen LogP contribution in [0.15, 0.2) is 84.0 Å². The maximum atomic E-state index is 14.7. The van der Waals surface area contributed by atoms with Gasteiger partial charge in [-0.25, -0.2) is 31.7 Å². The highest BCUT2D eigenvalue weighted by Crippen LogP contribution is 2.47. The van der Waals surface area contributed by atoms with Crippen LogP contribution in [0.3, 0.4) is 0 Å². The molecule has 0 saturated heterocycles. The first-order chi connectivity index (χ1) is 22.7. The molecule has 2 atom stereocenters. The highest BCUT2D eigenvalue weighted by Gasteiger charge is 2.47. The van der Waals surface area contributed by atoms with Gasteiger partial charge in [0, 0.05) is 34.0 Å². The number of aliphatic carboxylic acids is 1. The number of carboxylic acids is 1. The second-order valence-corrected chi connectivity index (χ2v) is 15.4. The molecule has 12 heteroatoms. The van der Waals surface area contributed by atoms with Crippen LogP contribution in [0.2, 0.25) is 0 Å². The van der Waals surface area contributed by atoms with Crippen LogP contribution in [0.4, 0.5) is 10.2 Å². The van der Waals surface area contributed by atoms with Gasteiger partial charge in [0.25, 0.3) is 10.0 Å². The van der Waals surface area contributed by atoms with Gasteiger partial charge >= 0.3 is 5.97 Å². The lowest BCUT2D eigenvalue weighted by Crippen LogP contribution is -2.51. The molecule has 0 amide bonds. The number of pyridine rings is 1. The Kier molecular flexibility index (Phi) is 7.10. The molecule has 3 fully saturated rings. The predicted octanol–water partition coefficient (Wildman–Crippen LogP) is 7.36. The Bertz CT molecular complexity index is 2260. The Morgan fingerprint density at radius 2 is 1.74 bits per heavy atom. The zero-order valence-corrected chi connectivity index (χ0v) is 26.9. The zero-order valence-electron chi connectivity index (χ0n) is 25.3. The molecule has 3 aliphatic rings. The van der Waals surface area contributed by atoms with E-state index in [9.17, 15) is 22.7 Å². The Morgan fingerprint density at radius 1 is 1.00 bits per heavy atom. The highest BCUT2D eigenvalue weighted by molar-refractivity contribution is 7.90. The number of aromatic nitrogens is 4. The summed E-state index contributed by atoms with van der Waals surface area (Å²) in [4.78, 5) is 27.3. The van der Waals surface area contributed by atoms with Crippen LogP contribution in [0.5, 0.6) is 0 Å². The Balaban J connectivity index is 1.31. The number of carbonyl (C=O) groups is 1. The van der Waals surface area contributed by atoms with E-state index < -0.39 is 27.7 Å². The summed E-state index contributed by atoms with van der Waals surface area (Å²) in [6.45, 7) is 1.87. The van der Waals surface area contributed by atoms with Crippen molar-refractivity contribution in [3.05, 3.63) is 90.5 Å². The van der Waals surface area contributed by atoms with E-state index in [-0.39, 0.29) is 45.2 Å². The molecule has 0 aliphatic heterocycles. The molecule has 238 valence electrons. The lowest BCUT2D eigenvalue weighted by Gasteiger charge is -2.47. The Labute approximate surface area is 274 Å². The lowest BCUT2D eigenvalue weighted by atomic mass is 9.61. The van der Waals surface area contributed by atoms with Crippen LogP contribution < -0.4 is 5.32 Å². The average molecular weight is 668 g/mol. The number of rotatable bonds is 7. The van der Waals surface area contributed by atoms with Crippen molar-refractivity contribution in [1.82, 2.24) is 18.9 Å². The molecular formula is C35H30FN5O4S2. The van der Waals surface area contributed by atoms with Crippen LogP contribution in [-0.2, 0) is 14.8 Å². The van der Waals surface area contributed by atoms with Crippen molar-refractivity contribution in [2.45, 2.75) is 43.5 Å². The van der Waals surface area contributed by atoms with E-state index >= 15 is 0 Å². The average Bonchev–Trinajstić information content (AvgIpc) is 3.68. The van der Waals surface area contributed by atoms with Gasteiger partial charge in [0.05, 0.1) is 27.6 Å². The zero-order chi connectivity index (χ0) is 32.4. The number of carboxylic acid groups (broad SMARTS) is 1. The number of nitrogens with zero attached hydrogens (tertiary/aromatic N) is 4. The molecule has 3 saturated carbocycles. The fourth-order valence-corrected chi connectivity index (χ4v) is 9.65. The van der Waals surface area contributed by atoms with Crippen LogP contribution in [-0.4, -0.2) is 44.5 Å². The topological polar surface area (TPSA) is 127 Å². The third-order valence-corrected chi connectivity index (χ3v) is 12.4. The predicted molar refractivity (Wildman–Crippen MR) is 179 cm³/mol. The summed E-state index contributed by atoms with van der Waals surface area (Å²) in [7, 11) is -4.12. The van der Waals surface area contributed by atoms with Crippen molar-refractivity contribution in [1.29, 1.82) is 0 Å². The van der Waals surface area contributed by atoms with Crippen LogP contribution in [0.25, 0.3) is 43.1 Å². The molecule has 2 N–H and O–H groups in total. The van der Waals surface area contributed by atoms with E-state index in [2.05, 4.69) is 10.3 Å². The molecule has 9 nitrogen and oxygen atoms in total. The van der Waals surface area contributed by atoms with E-state index in [1.54, 1.807) is 23.5 Å². The van der Waals surface area contributed by atoms with E-state index in [0.29, 0.717) is 11.5 Å². The fourth-order valence-electron chi connectivity index (χ4n) is 7.30. The number of nitrogens with one attached hydrogen (secondary N) is 1. The summed E-state index contributed by atoms with van der Waals surface area (Å²) in [6.07, 6.45) is 6.07. The third-order valence-electron chi connectivity index (χ3n) is 9.62. The smallest absolute Gasteiger partial charge is 0.308 e. The molecule has 2 unspecified atom stereocenters. The van der Waals surface area contributed by atoms with Crippen molar-refractivity contribution in [3.63, 3.8) is 0 Å². The van der Waals surface area contributed by atoms with Gasteiger partial charge in [-0.05, 0) is 80.2 Å². The van der Waals surface area contributed by atoms with Gasteiger partial charge in [-0.1, -0.05) is 35.9 Å². The first kappa shape index (κ1) is 29.7. The van der Waals surface area contributed by atoms with Crippen LogP contribution >= 0.6 is 11.3 Å². The first-order valence-corrected chi connectivity index (χ1v) is 17.8. The fraction of sp³-hybridized carbons (Fsp3) is 0.257. The molecule has 0 radical (unpaired) electrons. The SMILES string of the molecule is Cc1ccc(S(=O)(=O)n2cc(-c3nc(NC4C5CCC(CC5)C4C(=O)O)cc(-c4cc5ccccc5s4)n3)c3cc(F)cnc32)cc1. The Morgan fingerprint density at radius 3 is 2.49 bits per heavy atom. The highest BCUT2D eigenvalue weighted by atomic mass is 32.2. The monoisotopic (exact) mass is 667 g/mol. The van der Waals surface area contributed by atoms with Crippen molar-refractivity contribution < 1.29 is 22.7 Å². The van der Waals surface area contributed by atoms with Gasteiger partial charge in [0.1, 0.15) is 11.6 Å². The third kappa shape index (κ3) is 5.16. The van der Waals surface area contributed by atoms with Crippen molar-refractivity contribution in [3.8, 4) is 22.0 Å². The molecule has 47 heavy (non-hydrogen) atoms. The van der Waals surface area contributed by atoms with Gasteiger partial charge in [-0.2, -0.15) is 0 Å². The number of benzene rings is 2. The number of hydrogen-bond acceptors (Lipinski definition) is 8. The number of anilines is 1. The first-order valence-electron chi connectivity index (χ1n) is 15.5. The van der Waals surface area contributed by atoms with Crippen molar-refractivity contribution >= 4 is 54.3 Å². The van der Waals surface area contributed by atoms with E-state index in [0.717, 1.165) is 56.4 Å². The Hall–Kier alpha value is -4.68. The molecule has 2 aromatic carbocycles. The minimum absolute atomic E-state index is 0.0443. The maximum absolute atomic E-state index is 14.7. The minimum Gasteiger partial charge on any atom is -0.481 e. The molecule has 4 heterocycles. The van der Waals surface area contributed by atoms with E-state index in [4.69, 9.17) is 9.97 Å². The summed E-state index contributed by atoms with van der Waals surface area (Å²) in [6, 6.07) is 19.2. The second kappa shape index (κ2) is 11.2. The number of aryl methyl sites for hydroxylation is 1. The van der Waals surface area contributed by atoms with Crippen LogP contribution in [0, 0.1) is 30.5 Å². The molecule has 9 rings (SSSR count). The van der Waals surface area contributed by atoms with Gasteiger partial charge in [0.2, 0.25) is 0 Å². The summed E-state index contributed by atoms with van der Waals surface area (Å²) in [5, 5.41) is 15.0. The molecule has 4 aromatic heterocycles. The number of fused-ring (bicyclic) bond motifs is 5. The number of halogens is 1. The standard InChI is InChI=1S/C35H30FN5O4S2/c1-19-6-12-24(13-7-19)47(44,45)41-18-26(25-15-23(36)17-37-34(25)41)33-38-27(29-14-22-4-2-3-5-28(22)46-29)16-30(40-33)39-32-21-10-8-20(9-11-21)31(32)35(42)43/h2-7,12-18,20-21,31-32H,8-11H2,1H3,(H,42,43)(H,38,39,40). The van der Waals surface area contributed by atoms with Gasteiger partial charge in [-0.15, -0.1) is 11.3 Å². The molecular weight excluding hydrogens is 638 g/mol. The van der Waals surface area contributed by atoms with Crippen molar-refractivity contribution in [2.24, 2.45) is 17.8 Å². The van der Waals surface area contributed by atoms with E-state index in [1.165, 1.54) is 24.4 Å². The molecule has 6 aromatic rings. The maximum Gasteiger partial charge on any atom is 0.308 e. The van der Waals surface area contributed by atoms with Crippen molar-refractivity contribution in [2.75, 3.05) is 5.32 Å². The lowest BCUT2D eigenvalue weighted by molar-refractivity contribution is -0.148. The number of thiophene rings is 1. The van der Waals surface area contributed by atoms with E-state index in [1.807, 2.05) is 43.3 Å². The molecule has 2 bridgehead atoms. The van der Waals surface area contributed by atoms with Crippen LogP contribution in [0.1, 0.15) is 31.2 Å². The second-order valence-electron chi connectivity index (χ2n) is 12.5. The quantitative estimate of drug-likeness (QED) is 0.181. The summed E-state index contributed by atoms with van der Waals surface area (Å²) in [5.41, 5.74) is 1.82. The molecule has 3 aliphatic carbocycles. The molecule has 0 spiro atoms. The number of hydrogen-bond donors (Lipinski definition) is 2.